The number of halogens is 2. The molecule has 1 saturated heterocycles. The van der Waals surface area contributed by atoms with Gasteiger partial charge in [0, 0.05) is 49.1 Å². The molecule has 36 heavy (non-hydrogen) atoms. The van der Waals surface area contributed by atoms with Crippen molar-refractivity contribution in [3.63, 3.8) is 0 Å². The predicted molar refractivity (Wildman–Crippen MR) is 139 cm³/mol. The summed E-state index contributed by atoms with van der Waals surface area (Å²) in [7, 11) is 0. The van der Waals surface area contributed by atoms with E-state index in [1.54, 1.807) is 24.3 Å². The number of aromatic nitrogens is 1. The van der Waals surface area contributed by atoms with Crippen LogP contribution in [0, 0.1) is 11.6 Å². The molecule has 186 valence electrons. The topological polar surface area (TPSA) is 37.3 Å². The van der Waals surface area contributed by atoms with Gasteiger partial charge in [-0.3, -0.25) is 4.79 Å². The van der Waals surface area contributed by atoms with Gasteiger partial charge in [0.25, 0.3) is 0 Å². The molecule has 5 rings (SSSR count). The fraction of sp³-hybridized carbons (Fsp3) is 0.300. The van der Waals surface area contributed by atoms with Crippen molar-refractivity contribution in [2.24, 2.45) is 0 Å². The van der Waals surface area contributed by atoms with Crippen LogP contribution in [0.15, 0.2) is 79.0 Å². The summed E-state index contributed by atoms with van der Waals surface area (Å²) in [5.41, 5.74) is 3.38. The van der Waals surface area contributed by atoms with Crippen LogP contribution < -0.4 is 5.32 Å². The second kappa shape index (κ2) is 11.0. The molecule has 1 atom stereocenters. The van der Waals surface area contributed by atoms with Gasteiger partial charge in [0.1, 0.15) is 11.6 Å². The third-order valence-electron chi connectivity index (χ3n) is 7.08. The second-order valence-corrected chi connectivity index (χ2v) is 9.53. The van der Waals surface area contributed by atoms with Gasteiger partial charge in [-0.1, -0.05) is 48.5 Å². The van der Waals surface area contributed by atoms with Gasteiger partial charge in [0.15, 0.2) is 0 Å². The smallest absolute Gasteiger partial charge is 0.220 e. The Balaban J connectivity index is 1.45. The molecule has 0 spiro atoms. The van der Waals surface area contributed by atoms with Crippen LogP contribution in [-0.4, -0.2) is 41.6 Å². The molecule has 1 aliphatic rings. The highest BCUT2D eigenvalue weighted by molar-refractivity contribution is 5.86. The molecular weight excluding hydrogens is 456 g/mol. The number of hydrogen-bond acceptors (Lipinski definition) is 2. The SMILES string of the molecule is O=C(C[C@H](c1ccccc1F)c1cn(Cc2ccc(F)cc2)c2ccccc12)NCCN1CCCC1. The molecule has 4 aromatic rings. The Bertz CT molecular complexity index is 1330. The minimum Gasteiger partial charge on any atom is -0.355 e. The monoisotopic (exact) mass is 487 g/mol. The van der Waals surface area contributed by atoms with Crippen molar-refractivity contribution in [1.29, 1.82) is 0 Å². The highest BCUT2D eigenvalue weighted by Gasteiger charge is 2.25. The first-order valence-corrected chi connectivity index (χ1v) is 12.6. The van der Waals surface area contributed by atoms with Crippen molar-refractivity contribution in [3.8, 4) is 0 Å². The summed E-state index contributed by atoms with van der Waals surface area (Å²) >= 11 is 0. The van der Waals surface area contributed by atoms with Crippen LogP contribution in [0.3, 0.4) is 0 Å². The van der Waals surface area contributed by atoms with Gasteiger partial charge in [-0.25, -0.2) is 8.78 Å². The molecule has 1 amide bonds. The van der Waals surface area contributed by atoms with Crippen LogP contribution in [0.1, 0.15) is 41.9 Å². The number of carbonyl (C=O) groups is 1. The molecule has 0 bridgehead atoms. The van der Waals surface area contributed by atoms with Gasteiger partial charge < -0.3 is 14.8 Å². The summed E-state index contributed by atoms with van der Waals surface area (Å²) in [6.07, 6.45) is 4.60. The Kier molecular flexibility index (Phi) is 7.42. The molecule has 0 unspecified atom stereocenters. The van der Waals surface area contributed by atoms with Gasteiger partial charge in [0.05, 0.1) is 0 Å². The summed E-state index contributed by atoms with van der Waals surface area (Å²) in [6, 6.07) is 21.1. The van der Waals surface area contributed by atoms with Gasteiger partial charge >= 0.3 is 0 Å². The zero-order valence-electron chi connectivity index (χ0n) is 20.3. The van der Waals surface area contributed by atoms with Crippen molar-refractivity contribution in [2.45, 2.75) is 31.7 Å². The lowest BCUT2D eigenvalue weighted by Crippen LogP contribution is -2.34. The van der Waals surface area contributed by atoms with E-state index in [0.29, 0.717) is 18.7 Å². The zero-order valence-corrected chi connectivity index (χ0v) is 20.3. The van der Waals surface area contributed by atoms with E-state index in [9.17, 15) is 9.18 Å². The number of likely N-dealkylation sites (tertiary alicyclic amines) is 1. The van der Waals surface area contributed by atoms with Crippen LogP contribution in [-0.2, 0) is 11.3 Å². The van der Waals surface area contributed by atoms with Crippen molar-refractivity contribution < 1.29 is 13.6 Å². The number of nitrogens with one attached hydrogen (secondary N) is 1. The van der Waals surface area contributed by atoms with Gasteiger partial charge in [0.2, 0.25) is 5.91 Å². The average Bonchev–Trinajstić information content (AvgIpc) is 3.53. The quantitative estimate of drug-likeness (QED) is 0.329. The first-order valence-electron chi connectivity index (χ1n) is 12.6. The molecule has 1 fully saturated rings. The normalized spacial score (nSPS) is 14.8. The van der Waals surface area contributed by atoms with Gasteiger partial charge in [-0.2, -0.15) is 0 Å². The Labute approximate surface area is 210 Å². The fourth-order valence-corrected chi connectivity index (χ4v) is 5.23. The highest BCUT2D eigenvalue weighted by atomic mass is 19.1. The van der Waals surface area contributed by atoms with Crippen LogP contribution in [0.4, 0.5) is 8.78 Å². The van der Waals surface area contributed by atoms with E-state index in [-0.39, 0.29) is 24.0 Å². The minimum absolute atomic E-state index is 0.0854. The Hall–Kier alpha value is -3.51. The van der Waals surface area contributed by atoms with E-state index in [4.69, 9.17) is 0 Å². The van der Waals surface area contributed by atoms with Crippen molar-refractivity contribution >= 4 is 16.8 Å². The lowest BCUT2D eigenvalue weighted by molar-refractivity contribution is -0.121. The van der Waals surface area contributed by atoms with Gasteiger partial charge in [-0.15, -0.1) is 0 Å². The Morgan fingerprint density at radius 2 is 1.61 bits per heavy atom. The number of rotatable bonds is 9. The number of amides is 1. The van der Waals surface area contributed by atoms with E-state index < -0.39 is 5.92 Å². The standard InChI is InChI=1S/C30H31F2N3O/c31-23-13-11-22(12-14-23)20-35-21-27(25-8-2-4-10-29(25)35)26(24-7-1-3-9-28(24)32)19-30(36)33-15-18-34-16-5-6-17-34/h1-4,7-14,21,26H,5-6,15-20H2,(H,33,36)/t26-/m1/s1. The maximum absolute atomic E-state index is 15.0. The molecule has 4 nitrogen and oxygen atoms in total. The molecule has 0 aliphatic carbocycles. The average molecular weight is 488 g/mol. The van der Waals surface area contributed by atoms with E-state index >= 15 is 4.39 Å². The van der Waals surface area contributed by atoms with Crippen molar-refractivity contribution in [1.82, 2.24) is 14.8 Å². The minimum atomic E-state index is -0.433. The van der Waals surface area contributed by atoms with Gasteiger partial charge in [-0.05, 0) is 66.9 Å². The number of nitrogens with zero attached hydrogens (tertiary/aromatic N) is 2. The van der Waals surface area contributed by atoms with Crippen molar-refractivity contribution in [3.05, 3.63) is 107 Å². The van der Waals surface area contributed by atoms with E-state index in [1.165, 1.54) is 31.0 Å². The number of benzene rings is 3. The number of carbonyl (C=O) groups excluding carboxylic acids is 1. The van der Waals surface area contributed by atoms with Crippen molar-refractivity contribution in [2.75, 3.05) is 26.2 Å². The van der Waals surface area contributed by atoms with E-state index in [1.807, 2.05) is 36.5 Å². The summed E-state index contributed by atoms with van der Waals surface area (Å²) in [5, 5.41) is 4.04. The largest absolute Gasteiger partial charge is 0.355 e. The third kappa shape index (κ3) is 5.49. The van der Waals surface area contributed by atoms with E-state index in [2.05, 4.69) is 14.8 Å². The summed E-state index contributed by atoms with van der Waals surface area (Å²) in [4.78, 5) is 15.4. The zero-order chi connectivity index (χ0) is 24.9. The molecule has 3 aromatic carbocycles. The Morgan fingerprint density at radius 1 is 0.889 bits per heavy atom. The molecule has 0 saturated carbocycles. The number of hydrogen-bond donors (Lipinski definition) is 1. The summed E-state index contributed by atoms with van der Waals surface area (Å²) < 4.78 is 30.6. The predicted octanol–water partition coefficient (Wildman–Crippen LogP) is 5.70. The molecule has 1 aliphatic heterocycles. The van der Waals surface area contributed by atoms with Crippen LogP contribution in [0.5, 0.6) is 0 Å². The van der Waals surface area contributed by atoms with Crippen LogP contribution in [0.25, 0.3) is 10.9 Å². The lowest BCUT2D eigenvalue weighted by atomic mass is 9.87. The molecule has 2 heterocycles. The molecule has 0 radical (unpaired) electrons. The first-order chi connectivity index (χ1) is 17.6. The molecular formula is C30H31F2N3O. The number of para-hydroxylation sites is 1. The summed E-state index contributed by atoms with van der Waals surface area (Å²) in [5.74, 6) is -1.11. The third-order valence-corrected chi connectivity index (χ3v) is 7.08. The molecule has 1 aromatic heterocycles. The highest BCUT2D eigenvalue weighted by Crippen LogP contribution is 2.36. The van der Waals surface area contributed by atoms with E-state index in [0.717, 1.165) is 41.7 Å². The first kappa shape index (κ1) is 24.2. The fourth-order valence-electron chi connectivity index (χ4n) is 5.23. The molecule has 6 heteroatoms. The number of fused-ring (bicyclic) bond motifs is 1. The molecule has 1 N–H and O–H groups in total. The summed E-state index contributed by atoms with van der Waals surface area (Å²) in [6.45, 7) is 4.15. The maximum atomic E-state index is 15.0. The van der Waals surface area contributed by atoms with Crippen LogP contribution in [0.2, 0.25) is 0 Å². The maximum Gasteiger partial charge on any atom is 0.220 e. The second-order valence-electron chi connectivity index (χ2n) is 9.53. The lowest BCUT2D eigenvalue weighted by Gasteiger charge is -2.19. The Morgan fingerprint density at radius 3 is 2.39 bits per heavy atom. The van der Waals surface area contributed by atoms with Crippen LogP contribution >= 0.6 is 0 Å².